The average Bonchev–Trinajstić information content (AvgIpc) is 3.36. The molecule has 1 aliphatic heterocycles. The van der Waals surface area contributed by atoms with Crippen LogP contribution >= 0.6 is 0 Å². The number of carbonyl (C=O) groups excluding carboxylic acids is 1. The SMILES string of the molecule is Cc1cccnc1CN1CCN(C(=O)c2ccc(Cn3ccnc3)o2)CC1. The van der Waals surface area contributed by atoms with E-state index in [4.69, 9.17) is 4.42 Å². The van der Waals surface area contributed by atoms with Crippen molar-refractivity contribution in [3.8, 4) is 0 Å². The number of aromatic nitrogens is 3. The highest BCUT2D eigenvalue weighted by atomic mass is 16.4. The fourth-order valence-electron chi connectivity index (χ4n) is 3.30. The zero-order valence-electron chi connectivity index (χ0n) is 15.4. The van der Waals surface area contributed by atoms with Crippen LogP contribution in [0.3, 0.4) is 0 Å². The molecule has 0 saturated carbocycles. The lowest BCUT2D eigenvalue weighted by Gasteiger charge is -2.34. The van der Waals surface area contributed by atoms with Crippen LogP contribution in [0.5, 0.6) is 0 Å². The van der Waals surface area contributed by atoms with Gasteiger partial charge in [0, 0.05) is 51.3 Å². The quantitative estimate of drug-likeness (QED) is 0.693. The molecule has 140 valence electrons. The van der Waals surface area contributed by atoms with Crippen molar-refractivity contribution in [1.29, 1.82) is 0 Å². The summed E-state index contributed by atoms with van der Waals surface area (Å²) in [4.78, 5) is 25.4. The third kappa shape index (κ3) is 4.09. The number of carbonyl (C=O) groups is 1. The second-order valence-electron chi connectivity index (χ2n) is 6.84. The first-order valence-electron chi connectivity index (χ1n) is 9.15. The number of nitrogens with zero attached hydrogens (tertiary/aromatic N) is 5. The molecule has 0 aliphatic carbocycles. The second-order valence-corrected chi connectivity index (χ2v) is 6.84. The Balaban J connectivity index is 1.32. The highest BCUT2D eigenvalue weighted by Crippen LogP contribution is 2.15. The monoisotopic (exact) mass is 365 g/mol. The van der Waals surface area contributed by atoms with E-state index in [0.717, 1.165) is 31.1 Å². The highest BCUT2D eigenvalue weighted by Gasteiger charge is 2.24. The summed E-state index contributed by atoms with van der Waals surface area (Å²) in [5, 5.41) is 0. The van der Waals surface area contributed by atoms with Crippen molar-refractivity contribution in [3.05, 3.63) is 72.0 Å². The second kappa shape index (κ2) is 7.75. The number of aryl methyl sites for hydroxylation is 1. The van der Waals surface area contributed by atoms with Crippen molar-refractivity contribution in [1.82, 2.24) is 24.3 Å². The van der Waals surface area contributed by atoms with Gasteiger partial charge in [0.1, 0.15) is 5.76 Å². The zero-order chi connectivity index (χ0) is 18.6. The highest BCUT2D eigenvalue weighted by molar-refractivity contribution is 5.91. The smallest absolute Gasteiger partial charge is 0.289 e. The minimum atomic E-state index is -0.0412. The maximum absolute atomic E-state index is 12.7. The predicted octanol–water partition coefficient (Wildman–Crippen LogP) is 2.19. The van der Waals surface area contributed by atoms with E-state index >= 15 is 0 Å². The molecule has 1 amide bonds. The molecule has 0 atom stereocenters. The first-order valence-corrected chi connectivity index (χ1v) is 9.15. The number of hydrogen-bond acceptors (Lipinski definition) is 5. The maximum atomic E-state index is 12.7. The third-order valence-corrected chi connectivity index (χ3v) is 4.92. The average molecular weight is 365 g/mol. The van der Waals surface area contributed by atoms with Crippen molar-refractivity contribution in [2.75, 3.05) is 26.2 Å². The summed E-state index contributed by atoms with van der Waals surface area (Å²) in [6.45, 7) is 6.55. The maximum Gasteiger partial charge on any atom is 0.289 e. The van der Waals surface area contributed by atoms with Gasteiger partial charge in [-0.15, -0.1) is 0 Å². The molecule has 0 radical (unpaired) electrons. The van der Waals surface area contributed by atoms with Gasteiger partial charge in [-0.25, -0.2) is 4.98 Å². The molecule has 0 bridgehead atoms. The van der Waals surface area contributed by atoms with E-state index in [0.29, 0.717) is 25.4 Å². The molecule has 1 saturated heterocycles. The van der Waals surface area contributed by atoms with Crippen LogP contribution in [-0.2, 0) is 13.1 Å². The van der Waals surface area contributed by atoms with E-state index in [1.807, 2.05) is 34.0 Å². The van der Waals surface area contributed by atoms with E-state index in [9.17, 15) is 4.79 Å². The Morgan fingerprint density at radius 1 is 1.11 bits per heavy atom. The number of hydrogen-bond donors (Lipinski definition) is 0. The van der Waals surface area contributed by atoms with Gasteiger partial charge in [0.2, 0.25) is 0 Å². The first kappa shape index (κ1) is 17.5. The summed E-state index contributed by atoms with van der Waals surface area (Å²) in [5.74, 6) is 1.11. The summed E-state index contributed by atoms with van der Waals surface area (Å²) >= 11 is 0. The lowest BCUT2D eigenvalue weighted by Crippen LogP contribution is -2.48. The lowest BCUT2D eigenvalue weighted by atomic mass is 10.2. The van der Waals surface area contributed by atoms with E-state index < -0.39 is 0 Å². The molecule has 0 unspecified atom stereocenters. The number of rotatable bonds is 5. The fraction of sp³-hybridized carbons (Fsp3) is 0.350. The zero-order valence-corrected chi connectivity index (χ0v) is 15.4. The molecular weight excluding hydrogens is 342 g/mol. The molecule has 4 heterocycles. The van der Waals surface area contributed by atoms with Crippen LogP contribution in [0.15, 0.2) is 53.6 Å². The van der Waals surface area contributed by atoms with Gasteiger partial charge in [-0.1, -0.05) is 6.07 Å². The van der Waals surface area contributed by atoms with Crippen molar-refractivity contribution >= 4 is 5.91 Å². The Labute approximate surface area is 158 Å². The Bertz CT molecular complexity index is 895. The molecule has 1 aliphatic rings. The van der Waals surface area contributed by atoms with Crippen LogP contribution in [0, 0.1) is 6.92 Å². The largest absolute Gasteiger partial charge is 0.454 e. The molecule has 0 aromatic carbocycles. The van der Waals surface area contributed by atoms with E-state index in [1.165, 1.54) is 5.56 Å². The summed E-state index contributed by atoms with van der Waals surface area (Å²) in [5.41, 5.74) is 2.31. The van der Waals surface area contributed by atoms with Crippen molar-refractivity contribution in [3.63, 3.8) is 0 Å². The van der Waals surface area contributed by atoms with Crippen molar-refractivity contribution < 1.29 is 9.21 Å². The van der Waals surface area contributed by atoms with Crippen molar-refractivity contribution in [2.24, 2.45) is 0 Å². The molecule has 4 rings (SSSR count). The van der Waals surface area contributed by atoms with Crippen LogP contribution in [-0.4, -0.2) is 56.4 Å². The van der Waals surface area contributed by atoms with Crippen LogP contribution in [0.25, 0.3) is 0 Å². The number of piperazine rings is 1. The van der Waals surface area contributed by atoms with Gasteiger partial charge in [-0.3, -0.25) is 14.7 Å². The standard InChI is InChI=1S/C20H23N5O2/c1-16-3-2-6-22-18(16)14-23-9-11-25(12-10-23)20(26)19-5-4-17(27-19)13-24-8-7-21-15-24/h2-8,15H,9-14H2,1H3. The van der Waals surface area contributed by atoms with Crippen LogP contribution in [0.4, 0.5) is 0 Å². The minimum Gasteiger partial charge on any atom is -0.454 e. The fourth-order valence-corrected chi connectivity index (χ4v) is 3.30. The molecule has 0 N–H and O–H groups in total. The Morgan fingerprint density at radius 3 is 2.70 bits per heavy atom. The summed E-state index contributed by atoms with van der Waals surface area (Å²) < 4.78 is 7.65. The number of amides is 1. The predicted molar refractivity (Wildman–Crippen MR) is 100 cm³/mol. The molecule has 3 aromatic heterocycles. The first-order chi connectivity index (χ1) is 13.2. The Morgan fingerprint density at radius 2 is 1.96 bits per heavy atom. The minimum absolute atomic E-state index is 0.0412. The summed E-state index contributed by atoms with van der Waals surface area (Å²) in [6.07, 6.45) is 7.15. The van der Waals surface area contributed by atoms with Gasteiger partial charge < -0.3 is 13.9 Å². The summed E-state index contributed by atoms with van der Waals surface area (Å²) in [7, 11) is 0. The molecule has 1 fully saturated rings. The molecule has 3 aromatic rings. The van der Waals surface area contributed by atoms with Gasteiger partial charge in [0.25, 0.3) is 5.91 Å². The van der Waals surface area contributed by atoms with Crippen molar-refractivity contribution in [2.45, 2.75) is 20.0 Å². The van der Waals surface area contributed by atoms with Gasteiger partial charge in [0.15, 0.2) is 5.76 Å². The van der Waals surface area contributed by atoms with Gasteiger partial charge in [-0.2, -0.15) is 0 Å². The Kier molecular flexibility index (Phi) is 5.02. The Hall–Kier alpha value is -2.93. The molecular formula is C20H23N5O2. The molecule has 7 heteroatoms. The van der Waals surface area contributed by atoms with Crippen LogP contribution < -0.4 is 0 Å². The van der Waals surface area contributed by atoms with Gasteiger partial charge in [0.05, 0.1) is 18.6 Å². The normalized spacial score (nSPS) is 15.2. The van der Waals surface area contributed by atoms with E-state index in [-0.39, 0.29) is 5.91 Å². The van der Waals surface area contributed by atoms with Gasteiger partial charge >= 0.3 is 0 Å². The lowest BCUT2D eigenvalue weighted by molar-refractivity contribution is 0.0594. The molecule has 7 nitrogen and oxygen atoms in total. The van der Waals surface area contributed by atoms with Crippen LogP contribution in [0.1, 0.15) is 27.6 Å². The molecule has 0 spiro atoms. The van der Waals surface area contributed by atoms with E-state index in [2.05, 4.69) is 27.9 Å². The van der Waals surface area contributed by atoms with E-state index in [1.54, 1.807) is 18.6 Å². The summed E-state index contributed by atoms with van der Waals surface area (Å²) in [6, 6.07) is 7.66. The third-order valence-electron chi connectivity index (χ3n) is 4.92. The number of furan rings is 1. The van der Waals surface area contributed by atoms with Gasteiger partial charge in [-0.05, 0) is 30.7 Å². The number of imidazole rings is 1. The van der Waals surface area contributed by atoms with Crippen LogP contribution in [0.2, 0.25) is 0 Å². The topological polar surface area (TPSA) is 67.4 Å². The number of pyridine rings is 1. The molecule has 27 heavy (non-hydrogen) atoms.